The summed E-state index contributed by atoms with van der Waals surface area (Å²) in [7, 11) is 6.38. The number of methoxy groups -OCH3 is 3. The molecule has 0 spiro atoms. The monoisotopic (exact) mass is 425 g/mol. The molecule has 0 saturated heterocycles. The van der Waals surface area contributed by atoms with Gasteiger partial charge in [-0.05, 0) is 37.2 Å². The van der Waals surface area contributed by atoms with Crippen LogP contribution in [0.4, 0.5) is 5.69 Å². The number of hydrogen-bond acceptors (Lipinski definition) is 6. The van der Waals surface area contributed by atoms with E-state index in [9.17, 15) is 9.59 Å². The predicted octanol–water partition coefficient (Wildman–Crippen LogP) is 3.08. The Balaban J connectivity index is 1.64. The first-order chi connectivity index (χ1) is 15.0. The molecule has 8 nitrogen and oxygen atoms in total. The molecule has 0 unspecified atom stereocenters. The zero-order valence-electron chi connectivity index (χ0n) is 18.2. The van der Waals surface area contributed by atoms with Gasteiger partial charge in [0.25, 0.3) is 0 Å². The van der Waals surface area contributed by atoms with Crippen molar-refractivity contribution in [1.29, 1.82) is 0 Å². The summed E-state index contributed by atoms with van der Waals surface area (Å²) in [5, 5.41) is 3.62. The molecule has 164 valence electrons. The van der Waals surface area contributed by atoms with Gasteiger partial charge in [-0.25, -0.2) is 4.79 Å². The van der Waals surface area contributed by atoms with Gasteiger partial charge in [-0.1, -0.05) is 24.3 Å². The van der Waals surface area contributed by atoms with Crippen molar-refractivity contribution in [1.82, 2.24) is 9.88 Å². The molecule has 3 rings (SSSR count). The van der Waals surface area contributed by atoms with Gasteiger partial charge >= 0.3 is 5.97 Å². The fourth-order valence-electron chi connectivity index (χ4n) is 3.39. The van der Waals surface area contributed by atoms with E-state index in [0.717, 1.165) is 22.9 Å². The van der Waals surface area contributed by atoms with Crippen molar-refractivity contribution in [2.75, 3.05) is 46.8 Å². The van der Waals surface area contributed by atoms with Crippen molar-refractivity contribution in [3.63, 3.8) is 0 Å². The first-order valence-corrected chi connectivity index (χ1v) is 9.85. The number of nitrogens with one attached hydrogen (secondary N) is 2. The summed E-state index contributed by atoms with van der Waals surface area (Å²) in [5.74, 6) is 0.604. The van der Waals surface area contributed by atoms with Crippen LogP contribution in [0.1, 0.15) is 16.1 Å². The van der Waals surface area contributed by atoms with Crippen LogP contribution in [0.25, 0.3) is 10.9 Å². The fraction of sp³-hybridized carbons (Fsp3) is 0.304. The molecule has 0 aliphatic heterocycles. The van der Waals surface area contributed by atoms with Crippen LogP contribution in [-0.4, -0.2) is 63.2 Å². The van der Waals surface area contributed by atoms with Crippen molar-refractivity contribution >= 4 is 28.5 Å². The maximum absolute atomic E-state index is 12.7. The van der Waals surface area contributed by atoms with Crippen LogP contribution < -0.4 is 14.8 Å². The Morgan fingerprint density at radius 2 is 1.77 bits per heavy atom. The minimum atomic E-state index is -0.534. The van der Waals surface area contributed by atoms with E-state index < -0.39 is 5.97 Å². The highest BCUT2D eigenvalue weighted by Crippen LogP contribution is 2.29. The summed E-state index contributed by atoms with van der Waals surface area (Å²) in [6.07, 6.45) is 0.741. The number of anilines is 1. The van der Waals surface area contributed by atoms with Gasteiger partial charge in [0.2, 0.25) is 5.91 Å². The van der Waals surface area contributed by atoms with Crippen LogP contribution in [-0.2, 0) is 16.0 Å². The summed E-state index contributed by atoms with van der Waals surface area (Å²) in [6.45, 7) is 0.841. The second-order valence-electron chi connectivity index (χ2n) is 7.14. The maximum Gasteiger partial charge on any atom is 0.356 e. The number of aromatic amines is 1. The Morgan fingerprint density at radius 1 is 1.03 bits per heavy atom. The number of H-pyrrole nitrogens is 1. The van der Waals surface area contributed by atoms with Gasteiger partial charge in [-0.2, -0.15) is 0 Å². The van der Waals surface area contributed by atoms with E-state index in [4.69, 9.17) is 14.2 Å². The average Bonchev–Trinajstić information content (AvgIpc) is 3.15. The highest BCUT2D eigenvalue weighted by Gasteiger charge is 2.20. The topological polar surface area (TPSA) is 92.9 Å². The largest absolute Gasteiger partial charge is 0.493 e. The Labute approximate surface area is 181 Å². The van der Waals surface area contributed by atoms with Crippen LogP contribution in [0, 0.1) is 0 Å². The molecule has 1 heterocycles. The van der Waals surface area contributed by atoms with Crippen molar-refractivity contribution in [2.45, 2.75) is 6.42 Å². The van der Waals surface area contributed by atoms with E-state index in [1.165, 1.54) is 7.11 Å². The highest BCUT2D eigenvalue weighted by atomic mass is 16.5. The molecule has 0 radical (unpaired) electrons. The zero-order valence-corrected chi connectivity index (χ0v) is 18.2. The molecule has 31 heavy (non-hydrogen) atoms. The second-order valence-corrected chi connectivity index (χ2v) is 7.14. The van der Waals surface area contributed by atoms with Crippen LogP contribution in [0.5, 0.6) is 11.5 Å². The van der Waals surface area contributed by atoms with Gasteiger partial charge < -0.3 is 24.5 Å². The summed E-state index contributed by atoms with van der Waals surface area (Å²) < 4.78 is 15.4. The quantitative estimate of drug-likeness (QED) is 0.512. The van der Waals surface area contributed by atoms with Crippen LogP contribution >= 0.6 is 0 Å². The number of amides is 1. The Bertz CT molecular complexity index is 1080. The third-order valence-corrected chi connectivity index (χ3v) is 5.00. The van der Waals surface area contributed by atoms with Crippen molar-refractivity contribution < 1.29 is 23.8 Å². The van der Waals surface area contributed by atoms with E-state index >= 15 is 0 Å². The third kappa shape index (κ3) is 5.16. The third-order valence-electron chi connectivity index (χ3n) is 5.00. The number of likely N-dealkylation sites (N-methyl/N-ethyl adjacent to an activating group) is 1. The van der Waals surface area contributed by atoms with Gasteiger partial charge in [0, 0.05) is 17.4 Å². The lowest BCUT2D eigenvalue weighted by molar-refractivity contribution is -0.117. The Morgan fingerprint density at radius 3 is 2.48 bits per heavy atom. The van der Waals surface area contributed by atoms with E-state index in [0.29, 0.717) is 23.7 Å². The number of fused-ring (bicyclic) bond motifs is 1. The molecule has 1 aromatic heterocycles. The Hall–Kier alpha value is -3.52. The SMILES string of the molecule is COC(=O)c1[nH]c2ccccc2c1NC(=O)CN(C)CCc1ccc(OC)c(OC)c1. The van der Waals surface area contributed by atoms with Gasteiger partial charge in [-0.3, -0.25) is 9.69 Å². The first kappa shape index (κ1) is 22.2. The number of para-hydroxylation sites is 1. The molecular formula is C23H27N3O5. The predicted molar refractivity (Wildman–Crippen MR) is 119 cm³/mol. The van der Waals surface area contributed by atoms with Crippen LogP contribution in [0.3, 0.4) is 0 Å². The number of esters is 1. The van der Waals surface area contributed by atoms with E-state index in [1.54, 1.807) is 14.2 Å². The number of benzene rings is 2. The molecule has 0 saturated carbocycles. The van der Waals surface area contributed by atoms with Crippen molar-refractivity contribution in [3.8, 4) is 11.5 Å². The van der Waals surface area contributed by atoms with Crippen molar-refractivity contribution in [3.05, 3.63) is 53.7 Å². The normalized spacial score (nSPS) is 10.9. The molecular weight excluding hydrogens is 398 g/mol. The molecule has 2 N–H and O–H groups in total. The maximum atomic E-state index is 12.7. The van der Waals surface area contributed by atoms with E-state index in [1.807, 2.05) is 54.4 Å². The lowest BCUT2D eigenvalue weighted by Gasteiger charge is -2.17. The molecule has 1 amide bonds. The molecule has 3 aromatic rings. The zero-order chi connectivity index (χ0) is 22.4. The van der Waals surface area contributed by atoms with Gasteiger partial charge in [0.05, 0.1) is 33.6 Å². The number of carbonyl (C=O) groups is 2. The summed E-state index contributed by atoms with van der Waals surface area (Å²) in [6, 6.07) is 13.2. The molecule has 0 atom stereocenters. The smallest absolute Gasteiger partial charge is 0.356 e. The lowest BCUT2D eigenvalue weighted by atomic mass is 10.1. The van der Waals surface area contributed by atoms with Crippen LogP contribution in [0.15, 0.2) is 42.5 Å². The summed E-state index contributed by atoms with van der Waals surface area (Å²) >= 11 is 0. The molecule has 0 fully saturated rings. The van der Waals surface area contributed by atoms with Gasteiger partial charge in [0.1, 0.15) is 5.69 Å². The number of carbonyl (C=O) groups excluding carboxylic acids is 2. The lowest BCUT2D eigenvalue weighted by Crippen LogP contribution is -2.32. The molecule has 2 aromatic carbocycles. The van der Waals surface area contributed by atoms with Gasteiger partial charge in [-0.15, -0.1) is 0 Å². The highest BCUT2D eigenvalue weighted by molar-refractivity contribution is 6.11. The van der Waals surface area contributed by atoms with Gasteiger partial charge in [0.15, 0.2) is 11.5 Å². The number of rotatable bonds is 9. The summed E-state index contributed by atoms with van der Waals surface area (Å²) in [5.41, 5.74) is 2.49. The standard InChI is InChI=1S/C23H27N3O5/c1-26(12-11-15-9-10-18(29-2)19(13-15)30-3)14-20(27)25-21-16-7-5-6-8-17(16)24-22(21)23(28)31-4/h5-10,13,24H,11-12,14H2,1-4H3,(H,25,27). The van der Waals surface area contributed by atoms with Crippen LogP contribution in [0.2, 0.25) is 0 Å². The average molecular weight is 425 g/mol. The van der Waals surface area contributed by atoms with Crippen molar-refractivity contribution in [2.24, 2.45) is 0 Å². The minimum Gasteiger partial charge on any atom is -0.493 e. The number of hydrogen-bond donors (Lipinski definition) is 2. The van der Waals surface area contributed by atoms with E-state index in [2.05, 4.69) is 10.3 Å². The second kappa shape index (κ2) is 9.99. The molecule has 0 aliphatic carbocycles. The molecule has 0 aliphatic rings. The number of ether oxygens (including phenoxy) is 3. The minimum absolute atomic E-state index is 0.174. The number of nitrogens with zero attached hydrogens (tertiary/aromatic N) is 1. The fourth-order valence-corrected chi connectivity index (χ4v) is 3.39. The van der Waals surface area contributed by atoms with E-state index in [-0.39, 0.29) is 18.1 Å². The first-order valence-electron chi connectivity index (χ1n) is 9.85. The Kier molecular flexibility index (Phi) is 7.15. The molecule has 0 bridgehead atoms. The number of aromatic nitrogens is 1. The summed E-state index contributed by atoms with van der Waals surface area (Å²) in [4.78, 5) is 29.7. The molecule has 8 heteroatoms.